The van der Waals surface area contributed by atoms with Crippen molar-refractivity contribution >= 4 is 17.5 Å². The van der Waals surface area contributed by atoms with Crippen molar-refractivity contribution in [3.8, 4) is 5.75 Å². The van der Waals surface area contributed by atoms with Crippen molar-refractivity contribution in [1.29, 1.82) is 0 Å². The second-order valence-electron chi connectivity index (χ2n) is 6.64. The molecule has 1 aromatic heterocycles. The summed E-state index contributed by atoms with van der Waals surface area (Å²) in [4.78, 5) is 12.7. The molecule has 0 radical (unpaired) electrons. The normalized spacial score (nSPS) is 11.9. The molecule has 0 aliphatic carbocycles. The molecule has 3 aromatic rings. The molecule has 6 heteroatoms. The first-order chi connectivity index (χ1) is 13.5. The van der Waals surface area contributed by atoms with Crippen molar-refractivity contribution in [3.63, 3.8) is 0 Å². The maximum absolute atomic E-state index is 12.7. The van der Waals surface area contributed by atoms with Crippen LogP contribution in [0.5, 0.6) is 5.75 Å². The summed E-state index contributed by atoms with van der Waals surface area (Å²) >= 11 is 5.98. The molecule has 1 unspecified atom stereocenters. The van der Waals surface area contributed by atoms with Gasteiger partial charge in [-0.25, -0.2) is 0 Å². The molecule has 1 N–H and O–H groups in total. The van der Waals surface area contributed by atoms with Crippen molar-refractivity contribution in [2.75, 3.05) is 0 Å². The van der Waals surface area contributed by atoms with Gasteiger partial charge in [-0.05, 0) is 56.7 Å². The molecule has 146 valence electrons. The average molecular weight is 398 g/mol. The summed E-state index contributed by atoms with van der Waals surface area (Å²) in [6, 6.07) is 14.6. The Morgan fingerprint density at radius 2 is 2.04 bits per heavy atom. The van der Waals surface area contributed by atoms with E-state index in [1.807, 2.05) is 62.0 Å². The third-order valence-corrected chi connectivity index (χ3v) is 4.88. The Morgan fingerprint density at radius 1 is 1.25 bits per heavy atom. The summed E-state index contributed by atoms with van der Waals surface area (Å²) < 4.78 is 7.68. The first-order valence-corrected chi connectivity index (χ1v) is 9.66. The van der Waals surface area contributed by atoms with Gasteiger partial charge < -0.3 is 10.1 Å². The van der Waals surface area contributed by atoms with Crippen LogP contribution in [-0.4, -0.2) is 15.7 Å². The standard InChI is InChI=1S/C22H24ClN3O2/c1-4-26-16(3)21(13-24-26)15(2)25-22(27)18-8-5-7-17(11-18)14-28-20-10-6-9-19(23)12-20/h5-13,15H,4,14H2,1-3H3,(H,25,27). The van der Waals surface area contributed by atoms with Gasteiger partial charge in [-0.2, -0.15) is 5.10 Å². The van der Waals surface area contributed by atoms with Crippen LogP contribution >= 0.6 is 11.6 Å². The maximum Gasteiger partial charge on any atom is 0.251 e. The van der Waals surface area contributed by atoms with Crippen LogP contribution in [0.25, 0.3) is 0 Å². The lowest BCUT2D eigenvalue weighted by atomic mass is 10.1. The minimum absolute atomic E-state index is 0.124. The van der Waals surface area contributed by atoms with E-state index in [1.54, 1.807) is 18.2 Å². The molecule has 0 saturated heterocycles. The number of benzene rings is 2. The first kappa shape index (κ1) is 20.0. The van der Waals surface area contributed by atoms with E-state index in [4.69, 9.17) is 16.3 Å². The van der Waals surface area contributed by atoms with Crippen LogP contribution in [-0.2, 0) is 13.2 Å². The Labute approximate surface area is 170 Å². The summed E-state index contributed by atoms with van der Waals surface area (Å²) in [5.41, 5.74) is 3.60. The lowest BCUT2D eigenvalue weighted by Gasteiger charge is -2.15. The highest BCUT2D eigenvalue weighted by molar-refractivity contribution is 6.30. The highest BCUT2D eigenvalue weighted by atomic mass is 35.5. The van der Waals surface area contributed by atoms with Crippen LogP contribution in [0.3, 0.4) is 0 Å². The maximum atomic E-state index is 12.7. The van der Waals surface area contributed by atoms with Crippen molar-refractivity contribution in [1.82, 2.24) is 15.1 Å². The lowest BCUT2D eigenvalue weighted by molar-refractivity contribution is 0.0939. The molecule has 0 bridgehead atoms. The van der Waals surface area contributed by atoms with E-state index < -0.39 is 0 Å². The van der Waals surface area contributed by atoms with Crippen LogP contribution in [0.2, 0.25) is 5.02 Å². The largest absolute Gasteiger partial charge is 0.489 e. The van der Waals surface area contributed by atoms with E-state index in [9.17, 15) is 4.79 Å². The smallest absolute Gasteiger partial charge is 0.251 e. The van der Waals surface area contributed by atoms with E-state index in [-0.39, 0.29) is 11.9 Å². The van der Waals surface area contributed by atoms with E-state index in [0.29, 0.717) is 22.9 Å². The molecular formula is C22H24ClN3O2. The number of aromatic nitrogens is 2. The van der Waals surface area contributed by atoms with Crippen LogP contribution in [0.1, 0.15) is 47.1 Å². The number of ether oxygens (including phenoxy) is 1. The van der Waals surface area contributed by atoms with Gasteiger partial charge in [-0.3, -0.25) is 9.48 Å². The molecule has 0 saturated carbocycles. The SMILES string of the molecule is CCn1ncc(C(C)NC(=O)c2cccc(COc3cccc(Cl)c3)c2)c1C. The van der Waals surface area contributed by atoms with E-state index in [2.05, 4.69) is 10.4 Å². The van der Waals surface area contributed by atoms with Gasteiger partial charge in [0.25, 0.3) is 5.91 Å². The van der Waals surface area contributed by atoms with Crippen LogP contribution in [0, 0.1) is 6.92 Å². The van der Waals surface area contributed by atoms with Gasteiger partial charge in [0.2, 0.25) is 0 Å². The third kappa shape index (κ3) is 4.73. The number of nitrogens with one attached hydrogen (secondary N) is 1. The number of carbonyl (C=O) groups is 1. The number of rotatable bonds is 7. The molecule has 0 spiro atoms. The number of aryl methyl sites for hydroxylation is 1. The van der Waals surface area contributed by atoms with Gasteiger partial charge in [-0.15, -0.1) is 0 Å². The minimum Gasteiger partial charge on any atom is -0.489 e. The van der Waals surface area contributed by atoms with Crippen molar-refractivity contribution in [3.05, 3.63) is 82.1 Å². The minimum atomic E-state index is -0.126. The topological polar surface area (TPSA) is 56.2 Å². The monoisotopic (exact) mass is 397 g/mol. The molecule has 0 aliphatic heterocycles. The summed E-state index contributed by atoms with van der Waals surface area (Å²) in [6.07, 6.45) is 1.82. The van der Waals surface area contributed by atoms with Gasteiger partial charge in [0.1, 0.15) is 12.4 Å². The zero-order valence-electron chi connectivity index (χ0n) is 16.3. The summed E-state index contributed by atoms with van der Waals surface area (Å²) in [7, 11) is 0. The zero-order chi connectivity index (χ0) is 20.1. The zero-order valence-corrected chi connectivity index (χ0v) is 17.0. The van der Waals surface area contributed by atoms with Crippen molar-refractivity contribution in [2.45, 2.75) is 40.0 Å². The molecule has 0 aliphatic rings. The van der Waals surface area contributed by atoms with E-state index in [1.165, 1.54) is 0 Å². The van der Waals surface area contributed by atoms with E-state index >= 15 is 0 Å². The Kier molecular flexibility index (Phi) is 6.37. The Morgan fingerprint density at radius 3 is 2.75 bits per heavy atom. The number of nitrogens with zero attached hydrogens (tertiary/aromatic N) is 2. The lowest BCUT2D eigenvalue weighted by Crippen LogP contribution is -2.27. The van der Waals surface area contributed by atoms with Gasteiger partial charge in [0.15, 0.2) is 0 Å². The van der Waals surface area contributed by atoms with Gasteiger partial charge in [-0.1, -0.05) is 29.8 Å². The fraction of sp³-hybridized carbons (Fsp3) is 0.273. The van der Waals surface area contributed by atoms with Crippen molar-refractivity contribution < 1.29 is 9.53 Å². The summed E-state index contributed by atoms with van der Waals surface area (Å²) in [6.45, 7) is 7.20. The Hall–Kier alpha value is -2.79. The fourth-order valence-electron chi connectivity index (χ4n) is 3.09. The number of hydrogen-bond acceptors (Lipinski definition) is 3. The molecule has 0 fully saturated rings. The van der Waals surface area contributed by atoms with Gasteiger partial charge >= 0.3 is 0 Å². The Bertz CT molecular complexity index is 968. The molecular weight excluding hydrogens is 374 g/mol. The van der Waals surface area contributed by atoms with Crippen LogP contribution in [0.4, 0.5) is 0 Å². The first-order valence-electron chi connectivity index (χ1n) is 9.28. The molecule has 3 rings (SSSR count). The van der Waals surface area contributed by atoms with Gasteiger partial charge in [0, 0.05) is 28.4 Å². The number of carbonyl (C=O) groups excluding carboxylic acids is 1. The van der Waals surface area contributed by atoms with Crippen molar-refractivity contribution in [2.24, 2.45) is 0 Å². The Balaban J connectivity index is 1.65. The summed E-state index contributed by atoms with van der Waals surface area (Å²) in [5, 5.41) is 8.02. The summed E-state index contributed by atoms with van der Waals surface area (Å²) in [5.74, 6) is 0.570. The second-order valence-corrected chi connectivity index (χ2v) is 7.08. The molecule has 5 nitrogen and oxygen atoms in total. The number of hydrogen-bond donors (Lipinski definition) is 1. The fourth-order valence-corrected chi connectivity index (χ4v) is 3.27. The van der Waals surface area contributed by atoms with E-state index in [0.717, 1.165) is 23.4 Å². The third-order valence-electron chi connectivity index (χ3n) is 4.65. The van der Waals surface area contributed by atoms with Gasteiger partial charge in [0.05, 0.1) is 12.2 Å². The number of amides is 1. The quantitative estimate of drug-likeness (QED) is 0.614. The number of halogens is 1. The highest BCUT2D eigenvalue weighted by Gasteiger charge is 2.16. The molecule has 1 heterocycles. The molecule has 1 atom stereocenters. The molecule has 1 amide bonds. The molecule has 2 aromatic carbocycles. The predicted octanol–water partition coefficient (Wildman–Crippen LogP) is 4.93. The predicted molar refractivity (Wildman–Crippen MR) is 111 cm³/mol. The second kappa shape index (κ2) is 8.93. The molecule has 28 heavy (non-hydrogen) atoms. The average Bonchev–Trinajstić information content (AvgIpc) is 3.07. The van der Waals surface area contributed by atoms with Crippen LogP contribution in [0.15, 0.2) is 54.7 Å². The van der Waals surface area contributed by atoms with Crippen LogP contribution < -0.4 is 10.1 Å². The highest BCUT2D eigenvalue weighted by Crippen LogP contribution is 2.20.